The number of anilines is 2. The standard InChI is InChI=1S/C27H28N4O4.ClH.H2O/c1-32-22-11-18-9-10-31(15-19(18)12-23(22)33-2)27-29-21-14-25(35-16-17-7-5-4-6-8-17)24(34-3)13-20(21)26(28)30-27;;/h4-8,11-14H,9-10,15-16H2,1-3H3,(H2,28,29,30);1H;1H2. The second-order valence-corrected chi connectivity index (χ2v) is 8.35. The van der Waals surface area contributed by atoms with Crippen LogP contribution >= 0.6 is 12.4 Å². The van der Waals surface area contributed by atoms with Crippen LogP contribution in [0.1, 0.15) is 16.7 Å². The van der Waals surface area contributed by atoms with Gasteiger partial charge in [0.1, 0.15) is 12.4 Å². The Balaban J connectivity index is 0.00000190. The van der Waals surface area contributed by atoms with E-state index in [1.165, 1.54) is 5.56 Å². The highest BCUT2D eigenvalue weighted by Crippen LogP contribution is 2.37. The number of benzene rings is 3. The van der Waals surface area contributed by atoms with Crippen LogP contribution in [0.3, 0.4) is 0 Å². The largest absolute Gasteiger partial charge is 0.493 e. The van der Waals surface area contributed by atoms with Crippen LogP contribution in [0.2, 0.25) is 0 Å². The molecule has 4 aromatic rings. The van der Waals surface area contributed by atoms with E-state index in [1.54, 1.807) is 21.3 Å². The summed E-state index contributed by atoms with van der Waals surface area (Å²) >= 11 is 0. The predicted molar refractivity (Wildman–Crippen MR) is 146 cm³/mol. The third-order valence-corrected chi connectivity index (χ3v) is 6.24. The Morgan fingerprint density at radius 3 is 2.16 bits per heavy atom. The summed E-state index contributed by atoms with van der Waals surface area (Å²) in [4.78, 5) is 11.6. The van der Waals surface area contributed by atoms with E-state index in [0.29, 0.717) is 47.7 Å². The first-order valence-electron chi connectivity index (χ1n) is 11.4. The molecule has 0 fully saturated rings. The number of nitrogens with zero attached hydrogens (tertiary/aromatic N) is 3. The summed E-state index contributed by atoms with van der Waals surface area (Å²) < 4.78 is 22.6. The lowest BCUT2D eigenvalue weighted by Crippen LogP contribution is -2.32. The molecule has 1 aliphatic rings. The molecule has 0 spiro atoms. The summed E-state index contributed by atoms with van der Waals surface area (Å²) in [5, 5.41) is 0.724. The van der Waals surface area contributed by atoms with E-state index in [4.69, 9.17) is 29.7 Å². The fraction of sp³-hybridized carbons (Fsp3) is 0.259. The number of aromatic nitrogens is 2. The van der Waals surface area contributed by atoms with Crippen molar-refractivity contribution < 1.29 is 24.4 Å². The van der Waals surface area contributed by atoms with Gasteiger partial charge in [0.15, 0.2) is 23.0 Å². The van der Waals surface area contributed by atoms with Gasteiger partial charge in [-0.05, 0) is 41.3 Å². The van der Waals surface area contributed by atoms with Crippen LogP contribution in [0.4, 0.5) is 11.8 Å². The van der Waals surface area contributed by atoms with Crippen molar-refractivity contribution in [3.63, 3.8) is 0 Å². The van der Waals surface area contributed by atoms with Crippen molar-refractivity contribution in [1.29, 1.82) is 0 Å². The minimum absolute atomic E-state index is 0. The average molecular weight is 527 g/mol. The molecule has 0 saturated carbocycles. The van der Waals surface area contributed by atoms with Crippen LogP contribution in [0.25, 0.3) is 10.9 Å². The highest BCUT2D eigenvalue weighted by molar-refractivity contribution is 5.91. The Morgan fingerprint density at radius 2 is 1.49 bits per heavy atom. The van der Waals surface area contributed by atoms with Gasteiger partial charge in [-0.15, -0.1) is 12.4 Å². The van der Waals surface area contributed by atoms with Crippen molar-refractivity contribution in [1.82, 2.24) is 9.97 Å². The zero-order chi connectivity index (χ0) is 24.4. The smallest absolute Gasteiger partial charge is 0.228 e. The number of rotatable bonds is 7. The Kier molecular flexibility index (Phi) is 8.86. The molecule has 0 atom stereocenters. The topological polar surface area (TPSA) is 123 Å². The lowest BCUT2D eigenvalue weighted by atomic mass is 9.99. The molecule has 37 heavy (non-hydrogen) atoms. The van der Waals surface area contributed by atoms with Crippen LogP contribution in [0.5, 0.6) is 23.0 Å². The fourth-order valence-corrected chi connectivity index (χ4v) is 4.35. The first kappa shape index (κ1) is 27.6. The minimum atomic E-state index is 0. The summed E-state index contributed by atoms with van der Waals surface area (Å²) in [5.74, 6) is 3.62. The third kappa shape index (κ3) is 5.58. The summed E-state index contributed by atoms with van der Waals surface area (Å²) in [6, 6.07) is 17.7. The predicted octanol–water partition coefficient (Wildman–Crippen LogP) is 3.98. The molecule has 3 aromatic carbocycles. The lowest BCUT2D eigenvalue weighted by Gasteiger charge is -2.30. The van der Waals surface area contributed by atoms with E-state index >= 15 is 0 Å². The fourth-order valence-electron chi connectivity index (χ4n) is 4.35. The number of ether oxygens (including phenoxy) is 4. The van der Waals surface area contributed by atoms with Gasteiger partial charge in [0.2, 0.25) is 5.95 Å². The molecule has 0 radical (unpaired) electrons. The van der Waals surface area contributed by atoms with Crippen molar-refractivity contribution in [2.45, 2.75) is 19.6 Å². The van der Waals surface area contributed by atoms with E-state index in [2.05, 4.69) is 9.88 Å². The normalized spacial score (nSPS) is 12.1. The SMILES string of the molecule is COc1cc2c(cc1OC)CN(c1nc(N)c3cc(OC)c(OCc4ccccc4)cc3n1)CC2.Cl.O. The molecule has 0 aliphatic carbocycles. The molecular formula is C27H31ClN4O5. The quantitative estimate of drug-likeness (QED) is 0.383. The maximum Gasteiger partial charge on any atom is 0.228 e. The van der Waals surface area contributed by atoms with Crippen LogP contribution < -0.4 is 29.6 Å². The zero-order valence-corrected chi connectivity index (χ0v) is 21.8. The van der Waals surface area contributed by atoms with Gasteiger partial charge in [-0.2, -0.15) is 4.98 Å². The van der Waals surface area contributed by atoms with Gasteiger partial charge in [0.05, 0.1) is 26.8 Å². The third-order valence-electron chi connectivity index (χ3n) is 6.24. The molecule has 2 heterocycles. The molecule has 4 N–H and O–H groups in total. The minimum Gasteiger partial charge on any atom is -0.493 e. The van der Waals surface area contributed by atoms with Gasteiger partial charge >= 0.3 is 0 Å². The van der Waals surface area contributed by atoms with Crippen molar-refractivity contribution >= 4 is 35.1 Å². The Hall–Kier alpha value is -3.95. The van der Waals surface area contributed by atoms with Crippen molar-refractivity contribution in [3.05, 3.63) is 71.3 Å². The average Bonchev–Trinajstić information content (AvgIpc) is 2.90. The second kappa shape index (κ2) is 11.9. The molecule has 1 aliphatic heterocycles. The maximum absolute atomic E-state index is 6.37. The van der Waals surface area contributed by atoms with E-state index in [0.717, 1.165) is 35.2 Å². The molecule has 10 heteroatoms. The summed E-state index contributed by atoms with van der Waals surface area (Å²) in [6.45, 7) is 1.83. The maximum atomic E-state index is 6.37. The van der Waals surface area contributed by atoms with Gasteiger partial charge in [-0.1, -0.05) is 30.3 Å². The number of fused-ring (bicyclic) bond motifs is 2. The number of hydrogen-bond acceptors (Lipinski definition) is 8. The van der Waals surface area contributed by atoms with E-state index < -0.39 is 0 Å². The van der Waals surface area contributed by atoms with Gasteiger partial charge in [-0.3, -0.25) is 0 Å². The number of nitrogen functional groups attached to an aromatic ring is 1. The molecule has 5 rings (SSSR count). The molecule has 0 amide bonds. The monoisotopic (exact) mass is 526 g/mol. The van der Waals surface area contributed by atoms with Gasteiger partial charge < -0.3 is 35.1 Å². The van der Waals surface area contributed by atoms with Crippen molar-refractivity contribution in [3.8, 4) is 23.0 Å². The van der Waals surface area contributed by atoms with Crippen LogP contribution in [-0.2, 0) is 19.6 Å². The molecule has 1 aromatic heterocycles. The van der Waals surface area contributed by atoms with Crippen molar-refractivity contribution in [2.75, 3.05) is 38.5 Å². The van der Waals surface area contributed by atoms with E-state index in [-0.39, 0.29) is 17.9 Å². The number of halogens is 1. The van der Waals surface area contributed by atoms with Crippen LogP contribution in [0.15, 0.2) is 54.6 Å². The Morgan fingerprint density at radius 1 is 0.838 bits per heavy atom. The molecular weight excluding hydrogens is 496 g/mol. The molecule has 0 bridgehead atoms. The first-order chi connectivity index (χ1) is 17.1. The Bertz CT molecular complexity index is 1370. The molecule has 0 saturated heterocycles. The summed E-state index contributed by atoms with van der Waals surface area (Å²) in [6.07, 6.45) is 0.838. The van der Waals surface area contributed by atoms with Crippen LogP contribution in [0, 0.1) is 0 Å². The Labute approximate surface area is 221 Å². The van der Waals surface area contributed by atoms with Crippen LogP contribution in [-0.4, -0.2) is 43.3 Å². The first-order valence-corrected chi connectivity index (χ1v) is 11.4. The highest BCUT2D eigenvalue weighted by Gasteiger charge is 2.23. The number of methoxy groups -OCH3 is 3. The van der Waals surface area contributed by atoms with Crippen molar-refractivity contribution in [2.24, 2.45) is 0 Å². The lowest BCUT2D eigenvalue weighted by molar-refractivity contribution is 0.285. The number of hydrogen-bond donors (Lipinski definition) is 1. The van der Waals surface area contributed by atoms with E-state index in [1.807, 2.05) is 54.6 Å². The number of nitrogens with two attached hydrogens (primary N) is 1. The molecule has 0 unspecified atom stereocenters. The van der Waals surface area contributed by atoms with Gasteiger partial charge in [-0.25, -0.2) is 4.98 Å². The highest BCUT2D eigenvalue weighted by atomic mass is 35.5. The second-order valence-electron chi connectivity index (χ2n) is 8.35. The van der Waals surface area contributed by atoms with Gasteiger partial charge in [0, 0.05) is 24.5 Å². The van der Waals surface area contributed by atoms with E-state index in [9.17, 15) is 0 Å². The molecule has 9 nitrogen and oxygen atoms in total. The zero-order valence-electron chi connectivity index (χ0n) is 21.0. The summed E-state index contributed by atoms with van der Waals surface area (Å²) in [7, 11) is 4.90. The van der Waals surface area contributed by atoms with Gasteiger partial charge in [0.25, 0.3) is 0 Å². The summed E-state index contributed by atoms with van der Waals surface area (Å²) in [5.41, 5.74) is 10.5. The molecule has 196 valence electrons.